The van der Waals surface area contributed by atoms with Crippen LogP contribution in [0.2, 0.25) is 0 Å². The number of aromatic nitrogens is 5. The first kappa shape index (κ1) is 26.7. The summed E-state index contributed by atoms with van der Waals surface area (Å²) in [5.74, 6) is 1.30. The van der Waals surface area contributed by atoms with Crippen LogP contribution in [-0.4, -0.2) is 50.2 Å². The number of hydrogen-bond donors (Lipinski definition) is 1. The van der Waals surface area contributed by atoms with Crippen molar-refractivity contribution in [3.8, 4) is 0 Å². The highest BCUT2D eigenvalue weighted by atomic mass is 32.2. The Labute approximate surface area is 221 Å². The smallest absolute Gasteiger partial charge is 0.295 e. The molecule has 0 unspecified atom stereocenters. The number of rotatable bonds is 10. The van der Waals surface area contributed by atoms with Crippen molar-refractivity contribution in [1.29, 1.82) is 0 Å². The summed E-state index contributed by atoms with van der Waals surface area (Å²) in [6, 6.07) is 3.84. The number of thioether (sulfide) groups is 1. The Morgan fingerprint density at radius 1 is 1.22 bits per heavy atom. The van der Waals surface area contributed by atoms with Crippen LogP contribution in [0, 0.1) is 11.8 Å². The monoisotopic (exact) mass is 518 g/mol. The molecule has 0 spiro atoms. The zero-order valence-corrected chi connectivity index (χ0v) is 23.1. The average molecular weight is 519 g/mol. The molecule has 4 rings (SSSR count). The predicted octanol–water partition coefficient (Wildman–Crippen LogP) is 5.04. The van der Waals surface area contributed by atoms with E-state index < -0.39 is 0 Å². The number of anilines is 1. The number of nitrogens with one attached hydrogen (secondary N) is 1. The molecule has 0 amide bonds. The normalized spacial score (nSPS) is 15.6. The topological polar surface area (TPSA) is 110 Å². The van der Waals surface area contributed by atoms with Crippen LogP contribution in [0.25, 0.3) is 16.7 Å². The average Bonchev–Trinajstić information content (AvgIpc) is 3.75. The molecular formula is C27H34N8OS. The van der Waals surface area contributed by atoms with Crippen molar-refractivity contribution >= 4 is 46.7 Å². The fourth-order valence-corrected chi connectivity index (χ4v) is 4.48. The third kappa shape index (κ3) is 5.64. The second kappa shape index (κ2) is 11.3. The van der Waals surface area contributed by atoms with Gasteiger partial charge in [-0.25, -0.2) is 15.0 Å². The first-order chi connectivity index (χ1) is 17.8. The molecule has 0 aromatic carbocycles. The number of hydrogen-bond acceptors (Lipinski definition) is 9. The number of allylic oxidation sites excluding steroid dienone is 2. The largest absolute Gasteiger partial charge is 0.360 e. The van der Waals surface area contributed by atoms with Crippen LogP contribution in [-0.2, 0) is 6.54 Å². The first-order valence-corrected chi connectivity index (χ1v) is 13.7. The summed E-state index contributed by atoms with van der Waals surface area (Å²) in [5.41, 5.74) is 4.04. The van der Waals surface area contributed by atoms with Crippen LogP contribution >= 0.6 is 11.8 Å². The molecule has 1 N–H and O–H groups in total. The molecule has 1 aliphatic rings. The van der Waals surface area contributed by atoms with Crippen molar-refractivity contribution in [2.24, 2.45) is 21.8 Å². The number of aliphatic imine (C=N–C) groups is 2. The Hall–Kier alpha value is -3.40. The Morgan fingerprint density at radius 3 is 2.54 bits per heavy atom. The summed E-state index contributed by atoms with van der Waals surface area (Å²) < 4.78 is 1.72. The van der Waals surface area contributed by atoms with Gasteiger partial charge in [0.15, 0.2) is 17.3 Å². The second-order valence-corrected chi connectivity index (χ2v) is 10.4. The highest BCUT2D eigenvalue weighted by Crippen LogP contribution is 2.37. The van der Waals surface area contributed by atoms with Crippen LogP contribution in [0.1, 0.15) is 58.1 Å². The maximum atomic E-state index is 13.7. The molecule has 1 fully saturated rings. The van der Waals surface area contributed by atoms with E-state index >= 15 is 0 Å². The van der Waals surface area contributed by atoms with Gasteiger partial charge in [-0.3, -0.25) is 24.3 Å². The molecule has 3 aromatic heterocycles. The number of pyridine rings is 1. The van der Waals surface area contributed by atoms with E-state index in [-0.39, 0.29) is 23.3 Å². The van der Waals surface area contributed by atoms with Crippen molar-refractivity contribution in [2.45, 2.75) is 58.0 Å². The fourth-order valence-electron chi connectivity index (χ4n) is 4.12. The number of fused-ring (bicyclic) bond motifs is 1. The molecule has 3 aromatic rings. The number of nitrogens with zero attached hydrogens (tertiary/aromatic N) is 7. The quantitative estimate of drug-likeness (QED) is 0.295. The van der Waals surface area contributed by atoms with Crippen molar-refractivity contribution in [3.05, 3.63) is 52.1 Å². The molecule has 0 saturated heterocycles. The predicted molar refractivity (Wildman–Crippen MR) is 153 cm³/mol. The molecule has 1 saturated carbocycles. The minimum Gasteiger partial charge on any atom is -0.360 e. The van der Waals surface area contributed by atoms with Gasteiger partial charge in [0, 0.05) is 35.8 Å². The van der Waals surface area contributed by atoms with Crippen molar-refractivity contribution in [1.82, 2.24) is 24.5 Å². The molecule has 0 bridgehead atoms. The summed E-state index contributed by atoms with van der Waals surface area (Å²) in [6.07, 6.45) is 7.66. The maximum absolute atomic E-state index is 13.7. The highest BCUT2D eigenvalue weighted by molar-refractivity contribution is 7.98. The third-order valence-electron chi connectivity index (χ3n) is 6.76. The standard InChI is InChI=1S/C27H34N8OS/c1-15(2)17(4)35-26-21(33-25(27(35)36)31-12-19-10-11-20(37-7)13-30-19)14-32-24(34-26)22(16(3)28-5)23(29-6)18-8-9-18/h10-11,13-15,17-18H,5,8-9,12H2,1-4,6-7H3,(H,31,33)/b22-16+,29-23-/t17-/m0/s1. The van der Waals surface area contributed by atoms with Crippen LogP contribution in [0.3, 0.4) is 0 Å². The van der Waals surface area contributed by atoms with E-state index in [0.717, 1.165) is 34.7 Å². The van der Waals surface area contributed by atoms with Gasteiger partial charge >= 0.3 is 0 Å². The Bertz CT molecular complexity index is 1420. The molecule has 0 aliphatic heterocycles. The van der Waals surface area contributed by atoms with E-state index in [9.17, 15) is 4.79 Å². The minimum atomic E-state index is -0.227. The molecule has 1 aliphatic carbocycles. The third-order valence-corrected chi connectivity index (χ3v) is 7.47. The van der Waals surface area contributed by atoms with E-state index in [1.807, 2.05) is 38.4 Å². The van der Waals surface area contributed by atoms with E-state index in [1.165, 1.54) is 0 Å². The van der Waals surface area contributed by atoms with Crippen LogP contribution in [0.15, 0.2) is 49.9 Å². The molecule has 9 nitrogen and oxygen atoms in total. The Morgan fingerprint density at radius 2 is 1.97 bits per heavy atom. The second-order valence-electron chi connectivity index (χ2n) is 9.57. The Kier molecular flexibility index (Phi) is 8.16. The van der Waals surface area contributed by atoms with Gasteiger partial charge in [0.05, 0.1) is 29.7 Å². The van der Waals surface area contributed by atoms with Gasteiger partial charge in [0.1, 0.15) is 5.52 Å². The highest BCUT2D eigenvalue weighted by Gasteiger charge is 2.32. The summed E-state index contributed by atoms with van der Waals surface area (Å²) in [5, 5.41) is 3.19. The Balaban J connectivity index is 1.82. The SMILES string of the molecule is C=N/C(C)=C(\C(=N/C)C1CC1)c1ncc2nc(NCc3ccc(SC)cn3)c(=O)n([C@@H](C)C(C)C)c2n1. The fraction of sp³-hybridized carbons (Fsp3) is 0.444. The molecule has 194 valence electrons. The summed E-state index contributed by atoms with van der Waals surface area (Å²) in [4.78, 5) is 42.1. The summed E-state index contributed by atoms with van der Waals surface area (Å²) in [6.45, 7) is 12.2. The lowest BCUT2D eigenvalue weighted by atomic mass is 10.0. The molecule has 0 radical (unpaired) electrons. The van der Waals surface area contributed by atoms with Crippen molar-refractivity contribution < 1.29 is 0 Å². The lowest BCUT2D eigenvalue weighted by molar-refractivity contribution is 0.406. The molecule has 1 atom stereocenters. The van der Waals surface area contributed by atoms with E-state index in [0.29, 0.717) is 35.1 Å². The zero-order valence-electron chi connectivity index (χ0n) is 22.3. The van der Waals surface area contributed by atoms with E-state index in [4.69, 9.17) is 4.98 Å². The van der Waals surface area contributed by atoms with Crippen molar-refractivity contribution in [3.63, 3.8) is 0 Å². The van der Waals surface area contributed by atoms with E-state index in [1.54, 1.807) is 29.6 Å². The molecule has 10 heteroatoms. The van der Waals surface area contributed by atoms with Gasteiger partial charge in [0.2, 0.25) is 0 Å². The minimum absolute atomic E-state index is 0.117. The lowest BCUT2D eigenvalue weighted by Gasteiger charge is -2.22. The van der Waals surface area contributed by atoms with Gasteiger partial charge < -0.3 is 5.32 Å². The lowest BCUT2D eigenvalue weighted by Crippen LogP contribution is -2.30. The molecule has 3 heterocycles. The first-order valence-electron chi connectivity index (χ1n) is 12.5. The molecular weight excluding hydrogens is 484 g/mol. The van der Waals surface area contributed by atoms with Crippen LogP contribution in [0.5, 0.6) is 0 Å². The summed E-state index contributed by atoms with van der Waals surface area (Å²) >= 11 is 1.64. The van der Waals surface area contributed by atoms with Gasteiger partial charge in [-0.1, -0.05) is 13.8 Å². The van der Waals surface area contributed by atoms with Crippen LogP contribution in [0.4, 0.5) is 5.82 Å². The van der Waals surface area contributed by atoms with Crippen molar-refractivity contribution in [2.75, 3.05) is 18.6 Å². The maximum Gasteiger partial charge on any atom is 0.295 e. The summed E-state index contributed by atoms with van der Waals surface area (Å²) in [7, 11) is 1.78. The van der Waals surface area contributed by atoms with Gasteiger partial charge in [-0.15, -0.1) is 11.8 Å². The zero-order chi connectivity index (χ0) is 26.7. The van der Waals surface area contributed by atoms with Crippen LogP contribution < -0.4 is 10.9 Å². The van der Waals surface area contributed by atoms with E-state index in [2.05, 4.69) is 50.8 Å². The molecule has 37 heavy (non-hydrogen) atoms. The van der Waals surface area contributed by atoms with Gasteiger partial charge in [-0.05, 0) is 57.7 Å². The van der Waals surface area contributed by atoms with Gasteiger partial charge in [-0.2, -0.15) is 0 Å². The van der Waals surface area contributed by atoms with Gasteiger partial charge in [0.25, 0.3) is 5.56 Å².